The Hall–Kier alpha value is -2.75. The molecule has 9 nitrogen and oxygen atoms in total. The van der Waals surface area contributed by atoms with E-state index in [1.54, 1.807) is 0 Å². The maximum atomic E-state index is 5.68. The molecule has 1 fully saturated rings. The molecule has 0 amide bonds. The standard InChI is InChI=1S/C20H22N6O3.ClH/c1-10-7-13(12(3)27-10)15-8-14(17-11(2)24-29-20(17)22-15)19-23-18(25-28-19)16-9-21-5-6-26(16)4;/h7-8,16,21H,5-6,9H2,1-4H3;1H. The van der Waals surface area contributed by atoms with Gasteiger partial charge in [0, 0.05) is 25.2 Å². The Morgan fingerprint density at radius 3 is 2.63 bits per heavy atom. The summed E-state index contributed by atoms with van der Waals surface area (Å²) in [5, 5.41) is 12.5. The van der Waals surface area contributed by atoms with Gasteiger partial charge >= 0.3 is 0 Å². The fraction of sp³-hybridized carbons (Fsp3) is 0.400. The summed E-state index contributed by atoms with van der Waals surface area (Å²) in [6, 6.07) is 3.96. The maximum Gasteiger partial charge on any atom is 0.259 e. The molecule has 5 rings (SSSR count). The van der Waals surface area contributed by atoms with Gasteiger partial charge in [0.1, 0.15) is 11.5 Å². The van der Waals surface area contributed by atoms with Crippen molar-refractivity contribution in [2.45, 2.75) is 26.8 Å². The molecule has 158 valence electrons. The second-order valence-electron chi connectivity index (χ2n) is 7.49. The molecule has 10 heteroatoms. The van der Waals surface area contributed by atoms with Crippen LogP contribution in [0.25, 0.3) is 33.8 Å². The molecule has 1 aliphatic rings. The summed E-state index contributed by atoms with van der Waals surface area (Å²) in [6.45, 7) is 8.37. The number of aromatic nitrogens is 4. The van der Waals surface area contributed by atoms with Crippen LogP contribution in [0.5, 0.6) is 0 Å². The third-order valence-electron chi connectivity index (χ3n) is 5.42. The Bertz CT molecular complexity index is 1200. The van der Waals surface area contributed by atoms with Crippen LogP contribution >= 0.6 is 12.4 Å². The summed E-state index contributed by atoms with van der Waals surface area (Å²) in [6.07, 6.45) is 0. The van der Waals surface area contributed by atoms with Gasteiger partial charge in [-0.1, -0.05) is 10.3 Å². The predicted molar refractivity (Wildman–Crippen MR) is 112 cm³/mol. The van der Waals surface area contributed by atoms with Crippen LogP contribution in [0.1, 0.15) is 29.1 Å². The summed E-state index contributed by atoms with van der Waals surface area (Å²) >= 11 is 0. The van der Waals surface area contributed by atoms with Crippen molar-refractivity contribution < 1.29 is 13.5 Å². The van der Waals surface area contributed by atoms with Crippen LogP contribution in [0.15, 0.2) is 25.6 Å². The SMILES string of the molecule is Cc1cc(-c2cc(-c3nc(C4CNCCN4C)no3)c3c(C)noc3n2)c(C)o1.Cl. The predicted octanol–water partition coefficient (Wildman–Crippen LogP) is 3.46. The summed E-state index contributed by atoms with van der Waals surface area (Å²) in [5.41, 5.74) is 3.53. The van der Waals surface area contributed by atoms with Gasteiger partial charge in [0.05, 0.1) is 28.4 Å². The van der Waals surface area contributed by atoms with Gasteiger partial charge in [-0.05, 0) is 40.0 Å². The van der Waals surface area contributed by atoms with Gasteiger partial charge in [-0.15, -0.1) is 12.4 Å². The van der Waals surface area contributed by atoms with Crippen molar-refractivity contribution in [3.63, 3.8) is 0 Å². The number of rotatable bonds is 3. The minimum absolute atomic E-state index is 0. The summed E-state index contributed by atoms with van der Waals surface area (Å²) < 4.78 is 16.8. The zero-order valence-electron chi connectivity index (χ0n) is 17.2. The van der Waals surface area contributed by atoms with Gasteiger partial charge in [-0.2, -0.15) is 4.98 Å². The van der Waals surface area contributed by atoms with E-state index in [1.165, 1.54) is 0 Å². The zero-order valence-corrected chi connectivity index (χ0v) is 18.0. The molecule has 1 N–H and O–H groups in total. The van der Waals surface area contributed by atoms with Crippen LogP contribution in [0.4, 0.5) is 0 Å². The van der Waals surface area contributed by atoms with E-state index < -0.39 is 0 Å². The molecule has 0 bridgehead atoms. The Balaban J connectivity index is 0.00000218. The number of furan rings is 1. The molecule has 4 aromatic rings. The van der Waals surface area contributed by atoms with Crippen molar-refractivity contribution in [1.82, 2.24) is 30.5 Å². The van der Waals surface area contributed by atoms with E-state index in [0.717, 1.165) is 53.4 Å². The number of pyridine rings is 1. The Labute approximate surface area is 179 Å². The lowest BCUT2D eigenvalue weighted by Crippen LogP contribution is -2.44. The molecule has 0 aliphatic carbocycles. The Morgan fingerprint density at radius 1 is 1.07 bits per heavy atom. The van der Waals surface area contributed by atoms with E-state index in [0.29, 0.717) is 23.1 Å². The molecule has 1 atom stereocenters. The Kier molecular flexibility index (Phi) is 5.35. The molecular formula is C20H23ClN6O3. The topological polar surface area (TPSA) is 106 Å². The normalized spacial score (nSPS) is 17.4. The Morgan fingerprint density at radius 2 is 1.90 bits per heavy atom. The van der Waals surface area contributed by atoms with Gasteiger partial charge in [-0.25, -0.2) is 4.98 Å². The van der Waals surface area contributed by atoms with Crippen molar-refractivity contribution in [2.75, 3.05) is 26.7 Å². The zero-order chi connectivity index (χ0) is 20.1. The van der Waals surface area contributed by atoms with Crippen LogP contribution in [0, 0.1) is 20.8 Å². The number of aryl methyl sites for hydroxylation is 3. The number of hydrogen-bond acceptors (Lipinski definition) is 9. The van der Waals surface area contributed by atoms with Crippen LogP contribution in [-0.2, 0) is 0 Å². The lowest BCUT2D eigenvalue weighted by Gasteiger charge is -2.30. The number of likely N-dealkylation sites (N-methyl/N-ethyl adjacent to an activating group) is 1. The average Bonchev–Trinajstić information content (AvgIpc) is 3.41. The third-order valence-corrected chi connectivity index (χ3v) is 5.42. The van der Waals surface area contributed by atoms with E-state index in [1.807, 2.05) is 32.9 Å². The minimum atomic E-state index is 0. The number of fused-ring (bicyclic) bond motifs is 1. The summed E-state index contributed by atoms with van der Waals surface area (Å²) in [7, 11) is 2.07. The molecule has 30 heavy (non-hydrogen) atoms. The van der Waals surface area contributed by atoms with Crippen molar-refractivity contribution in [3.8, 4) is 22.7 Å². The van der Waals surface area contributed by atoms with Gasteiger partial charge < -0.3 is 18.8 Å². The van der Waals surface area contributed by atoms with E-state index in [-0.39, 0.29) is 18.4 Å². The highest BCUT2D eigenvalue weighted by Crippen LogP contribution is 2.35. The largest absolute Gasteiger partial charge is 0.466 e. The van der Waals surface area contributed by atoms with Crippen molar-refractivity contribution in [3.05, 3.63) is 35.2 Å². The first-order valence-corrected chi connectivity index (χ1v) is 9.60. The second kappa shape index (κ2) is 7.82. The van der Waals surface area contributed by atoms with Crippen molar-refractivity contribution in [1.29, 1.82) is 0 Å². The second-order valence-corrected chi connectivity index (χ2v) is 7.49. The summed E-state index contributed by atoms with van der Waals surface area (Å²) in [4.78, 5) is 11.6. The van der Waals surface area contributed by atoms with Crippen LogP contribution in [0.2, 0.25) is 0 Å². The molecule has 0 aromatic carbocycles. The lowest BCUT2D eigenvalue weighted by atomic mass is 10.1. The fourth-order valence-electron chi connectivity index (χ4n) is 3.86. The van der Waals surface area contributed by atoms with Crippen LogP contribution < -0.4 is 5.32 Å². The van der Waals surface area contributed by atoms with Crippen LogP contribution in [0.3, 0.4) is 0 Å². The van der Waals surface area contributed by atoms with Crippen LogP contribution in [-0.4, -0.2) is 51.9 Å². The highest BCUT2D eigenvalue weighted by Gasteiger charge is 2.27. The lowest BCUT2D eigenvalue weighted by molar-refractivity contribution is 0.190. The molecule has 0 saturated carbocycles. The number of piperazine rings is 1. The van der Waals surface area contributed by atoms with Gasteiger partial charge in [0.2, 0.25) is 0 Å². The molecule has 5 heterocycles. The number of halogens is 1. The number of nitrogens with zero attached hydrogens (tertiary/aromatic N) is 5. The summed E-state index contributed by atoms with van der Waals surface area (Å²) in [5.74, 6) is 2.70. The molecule has 1 unspecified atom stereocenters. The van der Waals surface area contributed by atoms with E-state index in [4.69, 9.17) is 18.4 Å². The van der Waals surface area contributed by atoms with Gasteiger partial charge in [-0.3, -0.25) is 4.90 Å². The quantitative estimate of drug-likeness (QED) is 0.522. The maximum absolute atomic E-state index is 5.68. The average molecular weight is 431 g/mol. The molecule has 1 saturated heterocycles. The molecule has 4 aromatic heterocycles. The first-order valence-electron chi connectivity index (χ1n) is 9.60. The molecule has 1 aliphatic heterocycles. The van der Waals surface area contributed by atoms with E-state index in [2.05, 4.69) is 32.6 Å². The first kappa shape index (κ1) is 20.5. The molecule has 0 radical (unpaired) electrons. The minimum Gasteiger partial charge on any atom is -0.466 e. The smallest absolute Gasteiger partial charge is 0.259 e. The highest BCUT2D eigenvalue weighted by atomic mass is 35.5. The van der Waals surface area contributed by atoms with E-state index in [9.17, 15) is 0 Å². The highest BCUT2D eigenvalue weighted by molar-refractivity contribution is 5.93. The first-order chi connectivity index (χ1) is 14.0. The molecular weight excluding hydrogens is 408 g/mol. The van der Waals surface area contributed by atoms with Gasteiger partial charge in [0.15, 0.2) is 5.82 Å². The number of hydrogen-bond donors (Lipinski definition) is 1. The van der Waals surface area contributed by atoms with Crippen molar-refractivity contribution in [2.24, 2.45) is 0 Å². The monoisotopic (exact) mass is 430 g/mol. The van der Waals surface area contributed by atoms with Gasteiger partial charge in [0.25, 0.3) is 11.6 Å². The van der Waals surface area contributed by atoms with E-state index >= 15 is 0 Å². The molecule has 0 spiro atoms. The fourth-order valence-corrected chi connectivity index (χ4v) is 3.86. The number of nitrogens with one attached hydrogen (secondary N) is 1. The van der Waals surface area contributed by atoms with Crippen molar-refractivity contribution >= 4 is 23.5 Å². The third kappa shape index (κ3) is 3.38.